The smallest absolute Gasteiger partial charge is 0.238 e. The Kier molecular flexibility index (Phi) is 6.48. The van der Waals surface area contributed by atoms with Crippen molar-refractivity contribution in [2.24, 2.45) is 4.99 Å². The van der Waals surface area contributed by atoms with Crippen LogP contribution in [0, 0.1) is 9.39 Å². The van der Waals surface area contributed by atoms with Gasteiger partial charge in [-0.1, -0.05) is 17.8 Å². The molecule has 0 bridgehead atoms. The van der Waals surface area contributed by atoms with Gasteiger partial charge in [-0.2, -0.15) is 0 Å². The number of amidine groups is 1. The Balaban J connectivity index is 1.80. The van der Waals surface area contributed by atoms with Crippen molar-refractivity contribution in [1.82, 2.24) is 4.90 Å². The first-order valence-electron chi connectivity index (χ1n) is 8.34. The maximum absolute atomic E-state index is 13.4. The van der Waals surface area contributed by atoms with Gasteiger partial charge in [0.05, 0.1) is 5.69 Å². The van der Waals surface area contributed by atoms with Crippen molar-refractivity contribution in [1.29, 1.82) is 0 Å². The highest BCUT2D eigenvalue weighted by Gasteiger charge is 2.35. The van der Waals surface area contributed by atoms with Crippen LogP contribution in [0.5, 0.6) is 0 Å². The molecule has 1 N–H and O–H groups in total. The van der Waals surface area contributed by atoms with Crippen LogP contribution >= 0.6 is 34.4 Å². The van der Waals surface area contributed by atoms with Crippen molar-refractivity contribution in [3.63, 3.8) is 0 Å². The summed E-state index contributed by atoms with van der Waals surface area (Å²) in [6.45, 7) is 2.27. The van der Waals surface area contributed by atoms with E-state index in [1.165, 1.54) is 28.8 Å². The van der Waals surface area contributed by atoms with E-state index in [-0.39, 0.29) is 18.2 Å². The lowest BCUT2D eigenvalue weighted by Crippen LogP contribution is -2.45. The van der Waals surface area contributed by atoms with E-state index in [9.17, 15) is 14.0 Å². The zero-order valence-electron chi connectivity index (χ0n) is 14.5. The molecule has 1 aliphatic rings. The van der Waals surface area contributed by atoms with E-state index >= 15 is 0 Å². The maximum Gasteiger partial charge on any atom is 0.238 e. The van der Waals surface area contributed by atoms with Crippen LogP contribution in [0.4, 0.5) is 15.8 Å². The number of carbonyl (C=O) groups is 2. The zero-order chi connectivity index (χ0) is 19.4. The van der Waals surface area contributed by atoms with Crippen LogP contribution in [0.2, 0.25) is 0 Å². The third kappa shape index (κ3) is 5.07. The second kappa shape index (κ2) is 8.83. The lowest BCUT2D eigenvalue weighted by Gasteiger charge is -2.30. The monoisotopic (exact) mass is 497 g/mol. The van der Waals surface area contributed by atoms with Crippen LogP contribution < -0.4 is 5.32 Å². The molecule has 0 unspecified atom stereocenters. The average Bonchev–Trinajstić information content (AvgIpc) is 2.63. The highest BCUT2D eigenvalue weighted by Crippen LogP contribution is 2.30. The summed E-state index contributed by atoms with van der Waals surface area (Å²) in [6.07, 6.45) is 0.0941. The molecule has 0 saturated carbocycles. The van der Waals surface area contributed by atoms with Crippen molar-refractivity contribution in [3.05, 3.63) is 57.9 Å². The van der Waals surface area contributed by atoms with Crippen molar-refractivity contribution in [3.8, 4) is 0 Å². The van der Waals surface area contributed by atoms with Crippen molar-refractivity contribution < 1.29 is 14.0 Å². The summed E-state index contributed by atoms with van der Waals surface area (Å²) < 4.78 is 14.5. The number of nitrogens with one attached hydrogen (secondary N) is 1. The molecule has 140 valence electrons. The number of aliphatic imine (C=N–C) groups is 1. The minimum absolute atomic E-state index is 0.0941. The molecule has 8 heteroatoms. The summed E-state index contributed by atoms with van der Waals surface area (Å²) >= 11 is 3.41. The van der Waals surface area contributed by atoms with Gasteiger partial charge in [-0.25, -0.2) is 9.38 Å². The third-order valence-corrected chi connectivity index (χ3v) is 5.80. The highest BCUT2D eigenvalue weighted by atomic mass is 127. The Morgan fingerprint density at radius 3 is 2.74 bits per heavy atom. The third-order valence-electron chi connectivity index (χ3n) is 3.89. The van der Waals surface area contributed by atoms with Crippen molar-refractivity contribution >= 4 is 62.7 Å². The number of hydrogen-bond acceptors (Lipinski definition) is 4. The summed E-state index contributed by atoms with van der Waals surface area (Å²) in [6, 6.07) is 13.3. The molecule has 0 aliphatic carbocycles. The summed E-state index contributed by atoms with van der Waals surface area (Å²) in [5.74, 6) is -0.827. The van der Waals surface area contributed by atoms with E-state index in [0.717, 1.165) is 3.57 Å². The maximum atomic E-state index is 13.4. The fourth-order valence-corrected chi connectivity index (χ4v) is 4.09. The van der Waals surface area contributed by atoms with Gasteiger partial charge in [0, 0.05) is 22.2 Å². The molecule has 3 rings (SSSR count). The predicted molar refractivity (Wildman–Crippen MR) is 115 cm³/mol. The first-order valence-corrected chi connectivity index (χ1v) is 10.3. The van der Waals surface area contributed by atoms with Gasteiger partial charge in [0.1, 0.15) is 11.1 Å². The molecular weight excluding hydrogens is 480 g/mol. The molecule has 1 heterocycles. The normalized spacial score (nSPS) is 18.6. The standard InChI is InChI=1S/C19H17FIN3O2S/c1-2-24-17(25)11-16(18(26)22-14-8-6-13(21)7-9-14)27-19(24)23-15-5-3-4-12(20)10-15/h3-10,16H,2,11H2,1H3,(H,22,26)/t16-/m0/s1. The average molecular weight is 497 g/mol. The quantitative estimate of drug-likeness (QED) is 0.637. The molecule has 2 aromatic carbocycles. The predicted octanol–water partition coefficient (Wildman–Crippen LogP) is 4.41. The lowest BCUT2D eigenvalue weighted by atomic mass is 10.2. The number of halogens is 2. The Hall–Kier alpha value is -1.94. The summed E-state index contributed by atoms with van der Waals surface area (Å²) in [5.41, 5.74) is 1.08. The minimum Gasteiger partial charge on any atom is -0.325 e. The number of rotatable bonds is 4. The number of hydrogen-bond donors (Lipinski definition) is 1. The lowest BCUT2D eigenvalue weighted by molar-refractivity contribution is -0.129. The molecule has 5 nitrogen and oxygen atoms in total. The van der Waals surface area contributed by atoms with Crippen LogP contribution in [0.15, 0.2) is 53.5 Å². The van der Waals surface area contributed by atoms with Crippen LogP contribution in [0.25, 0.3) is 0 Å². The molecule has 27 heavy (non-hydrogen) atoms. The van der Waals surface area contributed by atoms with E-state index in [4.69, 9.17) is 0 Å². The topological polar surface area (TPSA) is 61.8 Å². The molecule has 1 atom stereocenters. The van der Waals surface area contributed by atoms with E-state index in [1.54, 1.807) is 12.1 Å². The largest absolute Gasteiger partial charge is 0.325 e. The number of nitrogens with zero attached hydrogens (tertiary/aromatic N) is 2. The van der Waals surface area contributed by atoms with E-state index in [1.807, 2.05) is 31.2 Å². The van der Waals surface area contributed by atoms with Gasteiger partial charge in [-0.15, -0.1) is 0 Å². The fraction of sp³-hybridized carbons (Fsp3) is 0.211. The van der Waals surface area contributed by atoms with Gasteiger partial charge in [-0.3, -0.25) is 14.5 Å². The van der Waals surface area contributed by atoms with Gasteiger partial charge in [0.25, 0.3) is 0 Å². The Bertz CT molecular complexity index is 889. The number of benzene rings is 2. The molecule has 2 amide bonds. The van der Waals surface area contributed by atoms with Crippen LogP contribution in [-0.2, 0) is 9.59 Å². The summed E-state index contributed by atoms with van der Waals surface area (Å²) in [5, 5.41) is 2.65. The highest BCUT2D eigenvalue weighted by molar-refractivity contribution is 14.1. The van der Waals surface area contributed by atoms with Crippen molar-refractivity contribution in [2.45, 2.75) is 18.6 Å². The second-order valence-corrected chi connectivity index (χ2v) is 8.23. The summed E-state index contributed by atoms with van der Waals surface area (Å²) in [7, 11) is 0. The summed E-state index contributed by atoms with van der Waals surface area (Å²) in [4.78, 5) is 31.0. The van der Waals surface area contributed by atoms with Gasteiger partial charge in [0.2, 0.25) is 11.8 Å². The number of carbonyl (C=O) groups excluding carboxylic acids is 2. The Morgan fingerprint density at radius 1 is 1.33 bits per heavy atom. The SMILES string of the molecule is CCN1C(=O)C[C@@H](C(=O)Nc2ccc(I)cc2)SC1=Nc1cccc(F)c1. The number of anilines is 1. The fourth-order valence-electron chi connectivity index (χ4n) is 2.56. The molecule has 0 radical (unpaired) electrons. The number of amides is 2. The molecule has 1 aliphatic heterocycles. The minimum atomic E-state index is -0.591. The van der Waals surface area contributed by atoms with Gasteiger partial charge in [0.15, 0.2) is 5.17 Å². The van der Waals surface area contributed by atoms with E-state index < -0.39 is 11.1 Å². The van der Waals surface area contributed by atoms with Gasteiger partial charge < -0.3 is 5.32 Å². The van der Waals surface area contributed by atoms with E-state index in [2.05, 4.69) is 32.9 Å². The Labute approximate surface area is 174 Å². The molecular formula is C19H17FIN3O2S. The number of thioether (sulfide) groups is 1. The second-order valence-electron chi connectivity index (χ2n) is 5.82. The zero-order valence-corrected chi connectivity index (χ0v) is 17.5. The van der Waals surface area contributed by atoms with Crippen LogP contribution in [-0.4, -0.2) is 33.7 Å². The van der Waals surface area contributed by atoms with Gasteiger partial charge >= 0.3 is 0 Å². The first-order chi connectivity index (χ1) is 13.0. The Morgan fingerprint density at radius 2 is 2.07 bits per heavy atom. The van der Waals surface area contributed by atoms with Gasteiger partial charge in [-0.05, 0) is 72.0 Å². The van der Waals surface area contributed by atoms with Crippen molar-refractivity contribution in [2.75, 3.05) is 11.9 Å². The van der Waals surface area contributed by atoms with Crippen LogP contribution in [0.1, 0.15) is 13.3 Å². The molecule has 1 saturated heterocycles. The molecule has 2 aromatic rings. The molecule has 0 spiro atoms. The molecule has 0 aromatic heterocycles. The van der Waals surface area contributed by atoms with Crippen LogP contribution in [0.3, 0.4) is 0 Å². The first kappa shape index (κ1) is 19.8. The van der Waals surface area contributed by atoms with E-state index in [0.29, 0.717) is 23.1 Å². The molecule has 1 fully saturated rings.